The fourth-order valence-electron chi connectivity index (χ4n) is 0. The van der Waals surface area contributed by atoms with E-state index in [1.54, 1.807) is 0 Å². The Kier molecular flexibility index (Phi) is 119. The third-order valence-electron chi connectivity index (χ3n) is 0. The molecule has 0 heterocycles. The van der Waals surface area contributed by atoms with E-state index in [4.69, 9.17) is 0 Å². The first-order valence-electron chi connectivity index (χ1n) is 0. The summed E-state index contributed by atoms with van der Waals surface area (Å²) in [5.74, 6) is 0. The van der Waals surface area contributed by atoms with Crippen LogP contribution in [0.4, 0.5) is 0 Å². The van der Waals surface area contributed by atoms with Crippen molar-refractivity contribution in [3.63, 3.8) is 0 Å². The van der Waals surface area contributed by atoms with Crippen molar-refractivity contribution >= 4 is 53.1 Å². The van der Waals surface area contributed by atoms with Crippen LogP contribution in [-0.4, -0.2) is 53.1 Å². The van der Waals surface area contributed by atoms with Gasteiger partial charge < -0.3 is 0 Å². The zero-order chi connectivity index (χ0) is 0. The van der Waals surface area contributed by atoms with Gasteiger partial charge in [0.1, 0.15) is 0 Å². The van der Waals surface area contributed by atoms with Crippen LogP contribution in [0.1, 0.15) is 0 Å². The summed E-state index contributed by atoms with van der Waals surface area (Å²) in [6, 6.07) is 0. The molecule has 4 heavy (non-hydrogen) atoms. The second-order valence-corrected chi connectivity index (χ2v) is 0. The van der Waals surface area contributed by atoms with Crippen molar-refractivity contribution in [1.29, 1.82) is 0 Å². The Morgan fingerprint density at radius 1 is 1.00 bits per heavy atom. The average Bonchev–Trinajstić information content (AvgIpc) is 0. The molecular formula is H5CuInPbZn. The van der Waals surface area contributed by atoms with E-state index >= 15 is 0 Å². The number of hydrogen-bond donors (Lipinski definition) is 0. The van der Waals surface area contributed by atoms with Crippen LogP contribution in [0.5, 0.6) is 0 Å². The molecule has 0 rings (SSSR count). The predicted molar refractivity (Wildman–Crippen MR) is 18.5 cm³/mol. The van der Waals surface area contributed by atoms with Gasteiger partial charge in [0, 0.05) is 36.5 Å². The van der Waals surface area contributed by atoms with Crippen molar-refractivity contribution in [3.05, 3.63) is 0 Å². The molecule has 0 N–H and O–H groups in total. The van der Waals surface area contributed by atoms with E-state index in [-0.39, 0.29) is 89.7 Å². The largest absolute Gasteiger partial charge is 0 e. The molecule has 3 radical (unpaired) electrons. The second kappa shape index (κ2) is 16.8. The molecule has 0 nitrogen and oxygen atoms in total. The summed E-state index contributed by atoms with van der Waals surface area (Å²) in [5, 5.41) is 0. The van der Waals surface area contributed by atoms with E-state index in [0.717, 1.165) is 0 Å². The van der Waals surface area contributed by atoms with E-state index < -0.39 is 0 Å². The molecule has 0 aromatic carbocycles. The summed E-state index contributed by atoms with van der Waals surface area (Å²) in [6.45, 7) is 0. The maximum Gasteiger partial charge on any atom is 0 e. The summed E-state index contributed by atoms with van der Waals surface area (Å²) in [4.78, 5) is 0. The van der Waals surface area contributed by atoms with Gasteiger partial charge in [0.25, 0.3) is 0 Å². The van der Waals surface area contributed by atoms with E-state index in [1.165, 1.54) is 0 Å². The minimum atomic E-state index is 0. The SMILES string of the molecule is [Cu].[InH3].[PbH2].[Zn]. The molecule has 0 bridgehead atoms. The van der Waals surface area contributed by atoms with Gasteiger partial charge >= 0.3 is 53.1 Å². The van der Waals surface area contributed by atoms with Crippen LogP contribution in [0.3, 0.4) is 0 Å². The van der Waals surface area contributed by atoms with Crippen LogP contribution >= 0.6 is 0 Å². The van der Waals surface area contributed by atoms with Crippen molar-refractivity contribution in [1.82, 2.24) is 0 Å². The van der Waals surface area contributed by atoms with Gasteiger partial charge in [-0.05, 0) is 0 Å². The molecule has 0 saturated carbocycles. The van der Waals surface area contributed by atoms with Gasteiger partial charge in [0.05, 0.1) is 0 Å². The third-order valence-corrected chi connectivity index (χ3v) is 0. The average molecular weight is 456 g/mol. The quantitative estimate of drug-likeness (QED) is 0.367. The maximum atomic E-state index is 0. The maximum absolute atomic E-state index is 0. The summed E-state index contributed by atoms with van der Waals surface area (Å²) in [5.41, 5.74) is 0. The molecule has 0 spiro atoms. The third kappa shape index (κ3) is 8.87. The molecule has 0 atom stereocenters. The van der Waals surface area contributed by atoms with Crippen LogP contribution in [0.25, 0.3) is 0 Å². The van der Waals surface area contributed by atoms with Gasteiger partial charge in [-0.3, -0.25) is 0 Å². The first-order valence-corrected chi connectivity index (χ1v) is 0. The smallest absolute Gasteiger partial charge is 0 e. The minimum absolute atomic E-state index is 0. The van der Waals surface area contributed by atoms with Gasteiger partial charge in [-0.1, -0.05) is 0 Å². The van der Waals surface area contributed by atoms with Gasteiger partial charge in [-0.15, -0.1) is 0 Å². The zero-order valence-corrected chi connectivity index (χ0v) is 11.1. The fraction of sp³-hybridized carbons (Fsp3) is 0. The Bertz CT molecular complexity index is 8.00. The summed E-state index contributed by atoms with van der Waals surface area (Å²) in [7, 11) is 0. The Morgan fingerprint density at radius 3 is 1.00 bits per heavy atom. The first kappa shape index (κ1) is 28.4. The molecule has 0 aliphatic rings. The van der Waals surface area contributed by atoms with Crippen LogP contribution in [0.15, 0.2) is 0 Å². The summed E-state index contributed by atoms with van der Waals surface area (Å²) >= 11 is 0. The van der Waals surface area contributed by atoms with Crippen molar-refractivity contribution in [2.45, 2.75) is 0 Å². The second-order valence-electron chi connectivity index (χ2n) is 0. The Labute approximate surface area is 88.0 Å². The van der Waals surface area contributed by atoms with Crippen LogP contribution in [0, 0.1) is 0 Å². The van der Waals surface area contributed by atoms with E-state index in [0.29, 0.717) is 0 Å². The molecule has 0 saturated heterocycles. The molecule has 0 fully saturated rings. The molecule has 0 aliphatic heterocycles. The molecular weight excluding hydrogens is 451 g/mol. The topological polar surface area (TPSA) is 0 Å². The molecule has 4 heteroatoms. The minimum Gasteiger partial charge on any atom is 0 e. The van der Waals surface area contributed by atoms with Crippen molar-refractivity contribution in [3.8, 4) is 0 Å². The van der Waals surface area contributed by atoms with Gasteiger partial charge in [0.2, 0.25) is 0 Å². The number of hydrogen-bond acceptors (Lipinski definition) is 0. The van der Waals surface area contributed by atoms with Gasteiger partial charge in [-0.2, -0.15) is 0 Å². The predicted octanol–water partition coefficient (Wildman–Crippen LogP) is -2.11. The standard InChI is InChI=1S/Cu.In.Pb.Zn.5H. The molecule has 25 valence electrons. The van der Waals surface area contributed by atoms with Crippen molar-refractivity contribution in [2.24, 2.45) is 0 Å². The van der Waals surface area contributed by atoms with Crippen molar-refractivity contribution < 1.29 is 36.5 Å². The fourth-order valence-corrected chi connectivity index (χ4v) is 0. The molecule has 0 aliphatic carbocycles. The van der Waals surface area contributed by atoms with Gasteiger partial charge in [-0.25, -0.2) is 0 Å². The molecule has 0 aromatic heterocycles. The van der Waals surface area contributed by atoms with Gasteiger partial charge in [0.15, 0.2) is 0 Å². The molecule has 0 aromatic rings. The van der Waals surface area contributed by atoms with Crippen molar-refractivity contribution in [2.75, 3.05) is 0 Å². The molecule has 0 unspecified atom stereocenters. The first-order chi connectivity index (χ1) is 0. The summed E-state index contributed by atoms with van der Waals surface area (Å²) in [6.07, 6.45) is 0. The van der Waals surface area contributed by atoms with E-state index in [1.807, 2.05) is 0 Å². The Hall–Kier alpha value is 2.94. The number of rotatable bonds is 0. The Balaban J connectivity index is 0. The van der Waals surface area contributed by atoms with E-state index in [9.17, 15) is 0 Å². The zero-order valence-electron chi connectivity index (χ0n) is 1.72. The normalized spacial score (nSPS) is 0. The van der Waals surface area contributed by atoms with Crippen LogP contribution < -0.4 is 0 Å². The Morgan fingerprint density at radius 2 is 1.00 bits per heavy atom. The summed E-state index contributed by atoms with van der Waals surface area (Å²) < 4.78 is 0. The van der Waals surface area contributed by atoms with Crippen LogP contribution in [-0.2, 0) is 36.5 Å². The van der Waals surface area contributed by atoms with E-state index in [2.05, 4.69) is 0 Å². The monoisotopic (exact) mass is 455 g/mol. The van der Waals surface area contributed by atoms with Crippen LogP contribution in [0.2, 0.25) is 0 Å². The molecule has 0 amide bonds.